The van der Waals surface area contributed by atoms with Crippen LogP contribution in [0.25, 0.3) is 0 Å². The monoisotopic (exact) mass is 348 g/mol. The van der Waals surface area contributed by atoms with Gasteiger partial charge in [-0.25, -0.2) is 0 Å². The summed E-state index contributed by atoms with van der Waals surface area (Å²) in [6, 6.07) is 5.06. The van der Waals surface area contributed by atoms with Gasteiger partial charge >= 0.3 is 0 Å². The van der Waals surface area contributed by atoms with Crippen LogP contribution in [0.2, 0.25) is 0 Å². The van der Waals surface area contributed by atoms with Crippen molar-refractivity contribution in [3.8, 4) is 11.5 Å². The Hall–Kier alpha value is -2.24. The van der Waals surface area contributed by atoms with Crippen molar-refractivity contribution in [2.75, 3.05) is 34.4 Å². The van der Waals surface area contributed by atoms with Crippen molar-refractivity contribution in [1.29, 1.82) is 0 Å². The maximum Gasteiger partial charge on any atom is 0.245 e. The fourth-order valence-corrected chi connectivity index (χ4v) is 3.17. The average Bonchev–Trinajstić information content (AvgIpc) is 2.62. The minimum absolute atomic E-state index is 0.0330. The van der Waals surface area contributed by atoms with Gasteiger partial charge in [0.2, 0.25) is 11.8 Å². The summed E-state index contributed by atoms with van der Waals surface area (Å²) in [4.78, 5) is 28.9. The van der Waals surface area contributed by atoms with Crippen molar-refractivity contribution in [3.63, 3.8) is 0 Å². The SMILES string of the molecule is CCCC[C@@H]1C(=O)N(C)CCN1C(=O)Cc1cc(OC)ccc1OC. The highest BCUT2D eigenvalue weighted by Gasteiger charge is 2.35. The third kappa shape index (κ3) is 4.44. The zero-order valence-electron chi connectivity index (χ0n) is 15.6. The Labute approximate surface area is 149 Å². The predicted octanol–water partition coefficient (Wildman–Crippen LogP) is 2.11. The minimum Gasteiger partial charge on any atom is -0.497 e. The molecule has 1 aliphatic rings. The minimum atomic E-state index is -0.359. The molecular formula is C19H28N2O4. The van der Waals surface area contributed by atoms with Gasteiger partial charge in [-0.2, -0.15) is 0 Å². The van der Waals surface area contributed by atoms with E-state index < -0.39 is 0 Å². The number of rotatable bonds is 7. The molecule has 1 aromatic carbocycles. The summed E-state index contributed by atoms with van der Waals surface area (Å²) < 4.78 is 10.6. The molecule has 1 fully saturated rings. The summed E-state index contributed by atoms with van der Waals surface area (Å²) in [6.07, 6.45) is 2.83. The number of carbonyl (C=O) groups excluding carboxylic acids is 2. The summed E-state index contributed by atoms with van der Waals surface area (Å²) >= 11 is 0. The van der Waals surface area contributed by atoms with Crippen LogP contribution in [-0.4, -0.2) is 62.0 Å². The Balaban J connectivity index is 2.19. The first-order valence-corrected chi connectivity index (χ1v) is 8.77. The van der Waals surface area contributed by atoms with Crippen LogP contribution in [0.15, 0.2) is 18.2 Å². The summed E-state index contributed by atoms with van der Waals surface area (Å²) in [5.41, 5.74) is 0.771. The first kappa shape index (κ1) is 19.1. The van der Waals surface area contributed by atoms with Crippen molar-refractivity contribution in [2.45, 2.75) is 38.6 Å². The molecule has 1 heterocycles. The molecule has 1 atom stereocenters. The Morgan fingerprint density at radius 1 is 1.24 bits per heavy atom. The van der Waals surface area contributed by atoms with E-state index in [2.05, 4.69) is 6.92 Å². The zero-order chi connectivity index (χ0) is 18.4. The molecule has 6 nitrogen and oxygen atoms in total. The second-order valence-corrected chi connectivity index (χ2v) is 6.36. The number of unbranched alkanes of at least 4 members (excludes halogenated alkanes) is 1. The number of benzene rings is 1. The highest BCUT2D eigenvalue weighted by molar-refractivity contribution is 5.89. The number of methoxy groups -OCH3 is 2. The van der Waals surface area contributed by atoms with Crippen molar-refractivity contribution >= 4 is 11.8 Å². The van der Waals surface area contributed by atoms with Crippen LogP contribution in [-0.2, 0) is 16.0 Å². The molecule has 0 N–H and O–H groups in total. The number of ether oxygens (including phenoxy) is 2. The fourth-order valence-electron chi connectivity index (χ4n) is 3.17. The van der Waals surface area contributed by atoms with Gasteiger partial charge in [0.1, 0.15) is 17.5 Å². The maximum absolute atomic E-state index is 12.9. The van der Waals surface area contributed by atoms with E-state index >= 15 is 0 Å². The summed E-state index contributed by atoms with van der Waals surface area (Å²) in [7, 11) is 4.97. The molecule has 1 aromatic rings. The van der Waals surface area contributed by atoms with Crippen LogP contribution in [0, 0.1) is 0 Å². The lowest BCUT2D eigenvalue weighted by molar-refractivity contribution is -0.150. The molecule has 1 aliphatic heterocycles. The number of hydrogen-bond donors (Lipinski definition) is 0. The smallest absolute Gasteiger partial charge is 0.245 e. The number of amides is 2. The van der Waals surface area contributed by atoms with Crippen LogP contribution in [0.4, 0.5) is 0 Å². The third-order valence-electron chi connectivity index (χ3n) is 4.69. The molecule has 0 aliphatic carbocycles. The molecule has 0 bridgehead atoms. The number of hydrogen-bond acceptors (Lipinski definition) is 4. The Kier molecular flexibility index (Phi) is 6.67. The average molecular weight is 348 g/mol. The van der Waals surface area contributed by atoms with Crippen LogP contribution in [0.3, 0.4) is 0 Å². The van der Waals surface area contributed by atoms with Crippen molar-refractivity contribution in [2.24, 2.45) is 0 Å². The van der Waals surface area contributed by atoms with Gasteiger partial charge in [0, 0.05) is 25.7 Å². The Morgan fingerprint density at radius 2 is 2.00 bits per heavy atom. The third-order valence-corrected chi connectivity index (χ3v) is 4.69. The van der Waals surface area contributed by atoms with Crippen molar-refractivity contribution in [1.82, 2.24) is 9.80 Å². The highest BCUT2D eigenvalue weighted by Crippen LogP contribution is 2.26. The molecule has 138 valence electrons. The van der Waals surface area contributed by atoms with Gasteiger partial charge in [0.05, 0.1) is 20.6 Å². The molecule has 0 radical (unpaired) electrons. The summed E-state index contributed by atoms with van der Waals surface area (Å²) in [6.45, 7) is 3.23. The molecule has 0 spiro atoms. The molecule has 6 heteroatoms. The molecule has 1 saturated heterocycles. The van der Waals surface area contributed by atoms with Gasteiger partial charge in [-0.15, -0.1) is 0 Å². The normalized spacial score (nSPS) is 17.6. The predicted molar refractivity (Wildman–Crippen MR) is 95.9 cm³/mol. The van der Waals surface area contributed by atoms with E-state index in [-0.39, 0.29) is 24.3 Å². The molecule has 2 rings (SSSR count). The van der Waals surface area contributed by atoms with Gasteiger partial charge in [0.15, 0.2) is 0 Å². The Morgan fingerprint density at radius 3 is 2.64 bits per heavy atom. The van der Waals surface area contributed by atoms with E-state index in [1.54, 1.807) is 43.2 Å². The van der Waals surface area contributed by atoms with Crippen molar-refractivity contribution < 1.29 is 19.1 Å². The lowest BCUT2D eigenvalue weighted by Gasteiger charge is -2.39. The second-order valence-electron chi connectivity index (χ2n) is 6.36. The summed E-state index contributed by atoms with van der Waals surface area (Å²) in [5, 5.41) is 0. The summed E-state index contributed by atoms with van der Waals surface area (Å²) in [5.74, 6) is 1.32. The number of likely N-dealkylation sites (N-methyl/N-ethyl adjacent to an activating group) is 1. The molecule has 0 saturated carbocycles. The van der Waals surface area contributed by atoms with E-state index in [4.69, 9.17) is 9.47 Å². The second kappa shape index (κ2) is 8.74. The van der Waals surface area contributed by atoms with Crippen LogP contribution in [0.1, 0.15) is 31.7 Å². The van der Waals surface area contributed by atoms with E-state index in [9.17, 15) is 9.59 Å². The zero-order valence-corrected chi connectivity index (χ0v) is 15.6. The van der Waals surface area contributed by atoms with Gasteiger partial charge in [-0.1, -0.05) is 19.8 Å². The number of nitrogens with zero attached hydrogens (tertiary/aromatic N) is 2. The highest BCUT2D eigenvalue weighted by atomic mass is 16.5. The lowest BCUT2D eigenvalue weighted by atomic mass is 10.0. The van der Waals surface area contributed by atoms with Gasteiger partial charge in [0.25, 0.3) is 0 Å². The molecule has 25 heavy (non-hydrogen) atoms. The molecule has 0 unspecified atom stereocenters. The molecular weight excluding hydrogens is 320 g/mol. The lowest BCUT2D eigenvalue weighted by Crippen LogP contribution is -2.57. The molecule has 0 aromatic heterocycles. The first-order chi connectivity index (χ1) is 12.0. The van der Waals surface area contributed by atoms with Crippen molar-refractivity contribution in [3.05, 3.63) is 23.8 Å². The van der Waals surface area contributed by atoms with E-state index in [1.165, 1.54) is 0 Å². The van der Waals surface area contributed by atoms with E-state index in [1.807, 2.05) is 6.07 Å². The van der Waals surface area contributed by atoms with E-state index in [0.29, 0.717) is 31.0 Å². The molecule has 2 amide bonds. The van der Waals surface area contributed by atoms with Crippen LogP contribution < -0.4 is 9.47 Å². The topological polar surface area (TPSA) is 59.1 Å². The van der Waals surface area contributed by atoms with Gasteiger partial charge < -0.3 is 19.3 Å². The standard InChI is InChI=1S/C19H28N2O4/c1-5-6-7-16-19(23)20(2)10-11-21(16)18(22)13-14-12-15(24-3)8-9-17(14)25-4/h8-9,12,16H,5-7,10-11,13H2,1-4H3/t16-/m1/s1. The number of carbonyl (C=O) groups is 2. The Bertz CT molecular complexity index is 617. The van der Waals surface area contributed by atoms with Crippen LogP contribution >= 0.6 is 0 Å². The van der Waals surface area contributed by atoms with E-state index in [0.717, 1.165) is 18.4 Å². The van der Waals surface area contributed by atoms with Gasteiger partial charge in [-0.05, 0) is 24.6 Å². The number of piperazine rings is 1. The largest absolute Gasteiger partial charge is 0.497 e. The maximum atomic E-state index is 12.9. The fraction of sp³-hybridized carbons (Fsp3) is 0.579. The first-order valence-electron chi connectivity index (χ1n) is 8.77. The van der Waals surface area contributed by atoms with Crippen LogP contribution in [0.5, 0.6) is 11.5 Å². The van der Waals surface area contributed by atoms with Gasteiger partial charge in [-0.3, -0.25) is 9.59 Å². The quantitative estimate of drug-likeness (QED) is 0.757.